The van der Waals surface area contributed by atoms with Crippen molar-refractivity contribution >= 4 is 28.1 Å². The molecular formula is C14H14ClNO. The first-order valence-corrected chi connectivity index (χ1v) is 6.28. The summed E-state index contributed by atoms with van der Waals surface area (Å²) in [6.45, 7) is 0.913. The van der Waals surface area contributed by atoms with Crippen molar-refractivity contribution in [2.45, 2.75) is 5.92 Å². The fraction of sp³-hybridized carbons (Fsp3) is 0.286. The molecule has 0 spiro atoms. The smallest absolute Gasteiger partial charge is 0.128 e. The van der Waals surface area contributed by atoms with Gasteiger partial charge in [0, 0.05) is 35.5 Å². The molecule has 0 unspecified atom stereocenters. The monoisotopic (exact) mass is 247 g/mol. The highest BCUT2D eigenvalue weighted by atomic mass is 35.5. The third-order valence-corrected chi connectivity index (χ3v) is 3.77. The lowest BCUT2D eigenvalue weighted by Crippen LogP contribution is -2.02. The highest BCUT2D eigenvalue weighted by Gasteiger charge is 2.25. The maximum absolute atomic E-state index is 6.04. The van der Waals surface area contributed by atoms with E-state index in [1.165, 1.54) is 10.9 Å². The zero-order chi connectivity index (χ0) is 11.8. The zero-order valence-electron chi connectivity index (χ0n) is 9.66. The molecule has 0 amide bonds. The number of alkyl halides is 1. The average molecular weight is 248 g/mol. The van der Waals surface area contributed by atoms with Gasteiger partial charge in [-0.1, -0.05) is 24.3 Å². The van der Waals surface area contributed by atoms with Crippen molar-refractivity contribution in [3.8, 4) is 5.75 Å². The van der Waals surface area contributed by atoms with E-state index in [2.05, 4.69) is 29.6 Å². The summed E-state index contributed by atoms with van der Waals surface area (Å²) in [5.74, 6) is 1.96. The van der Waals surface area contributed by atoms with Crippen LogP contribution in [-0.4, -0.2) is 19.5 Å². The van der Waals surface area contributed by atoms with E-state index in [1.807, 2.05) is 6.07 Å². The van der Waals surface area contributed by atoms with Crippen LogP contribution in [0, 0.1) is 0 Å². The van der Waals surface area contributed by atoms with Gasteiger partial charge in [0.1, 0.15) is 5.75 Å². The van der Waals surface area contributed by atoms with Gasteiger partial charge in [0.15, 0.2) is 0 Å². The second-order valence-electron chi connectivity index (χ2n) is 4.32. The molecule has 2 nitrogen and oxygen atoms in total. The number of anilines is 1. The van der Waals surface area contributed by atoms with E-state index >= 15 is 0 Å². The predicted molar refractivity (Wildman–Crippen MR) is 72.5 cm³/mol. The van der Waals surface area contributed by atoms with E-state index in [4.69, 9.17) is 16.3 Å². The topological polar surface area (TPSA) is 21.3 Å². The number of benzene rings is 2. The van der Waals surface area contributed by atoms with Gasteiger partial charge < -0.3 is 10.1 Å². The molecule has 3 heteroatoms. The van der Waals surface area contributed by atoms with Crippen LogP contribution in [0.15, 0.2) is 30.3 Å². The van der Waals surface area contributed by atoms with Crippen molar-refractivity contribution in [1.29, 1.82) is 0 Å². The molecule has 0 fully saturated rings. The Kier molecular flexibility index (Phi) is 2.60. The van der Waals surface area contributed by atoms with E-state index in [0.717, 1.165) is 23.4 Å². The second-order valence-corrected chi connectivity index (χ2v) is 4.63. The summed E-state index contributed by atoms with van der Waals surface area (Å²) in [5.41, 5.74) is 2.49. The Hall–Kier alpha value is -1.41. The normalized spacial score (nSPS) is 17.9. The number of halogens is 1. The molecule has 2 aromatic carbocycles. The van der Waals surface area contributed by atoms with Gasteiger partial charge in [-0.3, -0.25) is 0 Å². The molecule has 3 rings (SSSR count). The quantitative estimate of drug-likeness (QED) is 0.819. The predicted octanol–water partition coefficient (Wildman–Crippen LogP) is 3.60. The molecule has 0 aliphatic carbocycles. The molecule has 1 atom stereocenters. The van der Waals surface area contributed by atoms with Crippen molar-refractivity contribution in [2.24, 2.45) is 0 Å². The van der Waals surface area contributed by atoms with Crippen LogP contribution in [0.25, 0.3) is 10.8 Å². The molecule has 0 aromatic heterocycles. The second kappa shape index (κ2) is 4.11. The minimum atomic E-state index is 0.391. The Morgan fingerprint density at radius 1 is 1.35 bits per heavy atom. The van der Waals surface area contributed by atoms with Crippen LogP contribution in [-0.2, 0) is 0 Å². The molecule has 17 heavy (non-hydrogen) atoms. The van der Waals surface area contributed by atoms with Gasteiger partial charge in [0.25, 0.3) is 0 Å². The first-order valence-electron chi connectivity index (χ1n) is 5.74. The number of rotatable bonds is 2. The number of ether oxygens (including phenoxy) is 1. The molecule has 0 bridgehead atoms. The zero-order valence-corrected chi connectivity index (χ0v) is 10.4. The Morgan fingerprint density at radius 2 is 2.12 bits per heavy atom. The fourth-order valence-electron chi connectivity index (χ4n) is 2.59. The molecule has 1 aliphatic rings. The van der Waals surface area contributed by atoms with Crippen LogP contribution in [0.3, 0.4) is 0 Å². The van der Waals surface area contributed by atoms with Crippen LogP contribution >= 0.6 is 11.6 Å². The summed E-state index contributed by atoms with van der Waals surface area (Å²) in [5, 5.41) is 5.81. The Labute approximate surface area is 106 Å². The van der Waals surface area contributed by atoms with Crippen LogP contribution in [0.4, 0.5) is 5.69 Å². The van der Waals surface area contributed by atoms with Crippen LogP contribution in [0.2, 0.25) is 0 Å². The first kappa shape index (κ1) is 10.7. The highest BCUT2D eigenvalue weighted by Crippen LogP contribution is 2.42. The largest absolute Gasteiger partial charge is 0.496 e. The highest BCUT2D eigenvalue weighted by molar-refractivity contribution is 6.18. The number of hydrogen-bond donors (Lipinski definition) is 1. The van der Waals surface area contributed by atoms with Crippen molar-refractivity contribution in [3.05, 3.63) is 35.9 Å². The van der Waals surface area contributed by atoms with E-state index in [0.29, 0.717) is 11.8 Å². The fourth-order valence-corrected chi connectivity index (χ4v) is 2.85. The average Bonchev–Trinajstić information content (AvgIpc) is 2.80. The summed E-state index contributed by atoms with van der Waals surface area (Å²) in [6.07, 6.45) is 0. The molecule has 1 N–H and O–H groups in total. The van der Waals surface area contributed by atoms with Gasteiger partial charge in [0.05, 0.1) is 7.11 Å². The summed E-state index contributed by atoms with van der Waals surface area (Å²) < 4.78 is 5.45. The number of hydrogen-bond acceptors (Lipinski definition) is 2. The summed E-state index contributed by atoms with van der Waals surface area (Å²) in [4.78, 5) is 0. The Morgan fingerprint density at radius 3 is 2.82 bits per heavy atom. The van der Waals surface area contributed by atoms with Gasteiger partial charge in [-0.15, -0.1) is 11.6 Å². The van der Waals surface area contributed by atoms with Crippen molar-refractivity contribution in [1.82, 2.24) is 0 Å². The molecule has 0 saturated heterocycles. The number of fused-ring (bicyclic) bond motifs is 3. The molecule has 1 heterocycles. The third kappa shape index (κ3) is 1.55. The number of nitrogens with one attached hydrogen (secondary N) is 1. The Balaban J connectivity index is 2.34. The summed E-state index contributed by atoms with van der Waals surface area (Å²) in [6, 6.07) is 10.4. The third-order valence-electron chi connectivity index (χ3n) is 3.40. The minimum Gasteiger partial charge on any atom is -0.496 e. The van der Waals surface area contributed by atoms with Crippen molar-refractivity contribution < 1.29 is 4.74 Å². The first-order chi connectivity index (χ1) is 8.35. The molecular weight excluding hydrogens is 234 g/mol. The lowest BCUT2D eigenvalue weighted by Gasteiger charge is -2.12. The standard InChI is InChI=1S/C14H14ClNO/c1-17-13-6-12-14(9(7-15)8-16-12)11-5-3-2-4-10(11)13/h2-6,9,16H,7-8H2,1H3/t9-/m1/s1. The maximum Gasteiger partial charge on any atom is 0.128 e. The lowest BCUT2D eigenvalue weighted by atomic mass is 9.95. The van der Waals surface area contributed by atoms with Crippen LogP contribution in [0.5, 0.6) is 5.75 Å². The molecule has 0 saturated carbocycles. The van der Waals surface area contributed by atoms with Crippen LogP contribution < -0.4 is 10.1 Å². The molecule has 88 valence electrons. The minimum absolute atomic E-state index is 0.391. The number of methoxy groups -OCH3 is 1. The van der Waals surface area contributed by atoms with Gasteiger partial charge in [-0.05, 0) is 10.9 Å². The molecule has 1 aliphatic heterocycles. The van der Waals surface area contributed by atoms with Crippen molar-refractivity contribution in [2.75, 3.05) is 24.9 Å². The van der Waals surface area contributed by atoms with E-state index in [-0.39, 0.29) is 0 Å². The van der Waals surface area contributed by atoms with Gasteiger partial charge in [0.2, 0.25) is 0 Å². The van der Waals surface area contributed by atoms with E-state index < -0.39 is 0 Å². The summed E-state index contributed by atoms with van der Waals surface area (Å²) in [7, 11) is 1.71. The van der Waals surface area contributed by atoms with Gasteiger partial charge >= 0.3 is 0 Å². The Bertz CT molecular complexity index is 567. The van der Waals surface area contributed by atoms with E-state index in [9.17, 15) is 0 Å². The van der Waals surface area contributed by atoms with E-state index in [1.54, 1.807) is 7.11 Å². The maximum atomic E-state index is 6.04. The molecule has 0 radical (unpaired) electrons. The van der Waals surface area contributed by atoms with Crippen molar-refractivity contribution in [3.63, 3.8) is 0 Å². The summed E-state index contributed by atoms with van der Waals surface area (Å²) >= 11 is 6.04. The lowest BCUT2D eigenvalue weighted by molar-refractivity contribution is 0.420. The molecule has 2 aromatic rings. The van der Waals surface area contributed by atoms with Gasteiger partial charge in [-0.25, -0.2) is 0 Å². The van der Waals surface area contributed by atoms with Crippen LogP contribution in [0.1, 0.15) is 11.5 Å². The SMILES string of the molecule is COc1cc2c(c3ccccc13)[C@H](CCl)CN2. The van der Waals surface area contributed by atoms with Gasteiger partial charge in [-0.2, -0.15) is 0 Å².